The fourth-order valence-electron chi connectivity index (χ4n) is 1.90. The van der Waals surface area contributed by atoms with E-state index in [-0.39, 0.29) is 0 Å². The van der Waals surface area contributed by atoms with E-state index in [9.17, 15) is 13.9 Å². The number of hydrogen-bond donors (Lipinski definition) is 1. The number of halogens is 3. The van der Waals surface area contributed by atoms with Crippen LogP contribution in [0.5, 0.6) is 5.75 Å². The Hall–Kier alpha value is -1.66. The van der Waals surface area contributed by atoms with Crippen molar-refractivity contribution < 1.29 is 18.6 Å². The SMILES string of the molecule is CC(CF)(CF)C(O)C(Oc1ccc(Cl)cc1)n1ccnc1. The predicted octanol–water partition coefficient (Wildman–Crippen LogP) is 3.42. The van der Waals surface area contributed by atoms with Crippen LogP contribution in [0.25, 0.3) is 0 Å². The van der Waals surface area contributed by atoms with Crippen LogP contribution >= 0.6 is 11.6 Å². The molecule has 0 bridgehead atoms. The Morgan fingerprint density at radius 2 is 1.95 bits per heavy atom. The molecule has 0 saturated carbocycles. The molecule has 0 fully saturated rings. The van der Waals surface area contributed by atoms with Crippen molar-refractivity contribution in [1.82, 2.24) is 9.55 Å². The van der Waals surface area contributed by atoms with Crippen LogP contribution in [0.3, 0.4) is 0 Å². The molecule has 1 aromatic carbocycles. The summed E-state index contributed by atoms with van der Waals surface area (Å²) in [5.41, 5.74) is -1.57. The van der Waals surface area contributed by atoms with Gasteiger partial charge < -0.3 is 9.84 Å². The minimum atomic E-state index is -1.57. The largest absolute Gasteiger partial charge is 0.467 e. The molecule has 7 heteroatoms. The predicted molar refractivity (Wildman–Crippen MR) is 79.4 cm³/mol. The van der Waals surface area contributed by atoms with Gasteiger partial charge in [-0.2, -0.15) is 0 Å². The third-order valence-corrected chi connectivity index (χ3v) is 3.74. The lowest BCUT2D eigenvalue weighted by atomic mass is 9.86. The lowest BCUT2D eigenvalue weighted by Gasteiger charge is -2.35. The zero-order valence-corrected chi connectivity index (χ0v) is 12.8. The van der Waals surface area contributed by atoms with E-state index in [4.69, 9.17) is 16.3 Å². The highest BCUT2D eigenvalue weighted by molar-refractivity contribution is 6.30. The maximum Gasteiger partial charge on any atom is 0.203 e. The first-order valence-electron chi connectivity index (χ1n) is 6.70. The van der Waals surface area contributed by atoms with Gasteiger partial charge in [0.15, 0.2) is 0 Å². The molecule has 2 rings (SSSR count). The van der Waals surface area contributed by atoms with Gasteiger partial charge in [0.25, 0.3) is 0 Å². The summed E-state index contributed by atoms with van der Waals surface area (Å²) < 4.78 is 33.5. The van der Waals surface area contributed by atoms with Gasteiger partial charge in [-0.1, -0.05) is 18.5 Å². The van der Waals surface area contributed by atoms with Gasteiger partial charge in [0.05, 0.1) is 25.1 Å². The van der Waals surface area contributed by atoms with Crippen LogP contribution in [-0.2, 0) is 0 Å². The summed E-state index contributed by atoms with van der Waals surface area (Å²) in [4.78, 5) is 3.88. The molecule has 1 aromatic heterocycles. The van der Waals surface area contributed by atoms with E-state index >= 15 is 0 Å². The normalized spacial score (nSPS) is 14.6. The van der Waals surface area contributed by atoms with Crippen molar-refractivity contribution in [3.05, 3.63) is 48.0 Å². The van der Waals surface area contributed by atoms with Crippen LogP contribution in [0.1, 0.15) is 13.2 Å². The van der Waals surface area contributed by atoms with Gasteiger partial charge in [0.1, 0.15) is 11.9 Å². The van der Waals surface area contributed by atoms with E-state index in [1.165, 1.54) is 24.0 Å². The number of nitrogens with zero attached hydrogens (tertiary/aromatic N) is 2. The Balaban J connectivity index is 2.29. The van der Waals surface area contributed by atoms with Crippen molar-refractivity contribution in [3.8, 4) is 5.75 Å². The van der Waals surface area contributed by atoms with Crippen molar-refractivity contribution in [1.29, 1.82) is 0 Å². The second kappa shape index (κ2) is 7.07. The molecule has 2 unspecified atom stereocenters. The third kappa shape index (κ3) is 3.56. The molecular weight excluding hydrogens is 314 g/mol. The quantitative estimate of drug-likeness (QED) is 0.846. The first kappa shape index (κ1) is 16.7. The molecule has 1 heterocycles. The van der Waals surface area contributed by atoms with Crippen LogP contribution in [-0.4, -0.2) is 34.1 Å². The second-order valence-electron chi connectivity index (χ2n) is 5.34. The molecule has 0 aliphatic carbocycles. The fraction of sp³-hybridized carbons (Fsp3) is 0.400. The van der Waals surface area contributed by atoms with Crippen molar-refractivity contribution in [2.45, 2.75) is 19.3 Å². The number of imidazole rings is 1. The average molecular weight is 331 g/mol. The molecule has 0 saturated heterocycles. The molecule has 0 aliphatic heterocycles. The van der Waals surface area contributed by atoms with Gasteiger partial charge in [-0.15, -0.1) is 0 Å². The number of hydrogen-bond acceptors (Lipinski definition) is 3. The summed E-state index contributed by atoms with van der Waals surface area (Å²) in [6.45, 7) is -0.702. The Morgan fingerprint density at radius 3 is 2.45 bits per heavy atom. The molecule has 2 aromatic rings. The lowest BCUT2D eigenvalue weighted by molar-refractivity contribution is -0.0952. The minimum Gasteiger partial charge on any atom is -0.467 e. The minimum absolute atomic E-state index is 0.419. The number of aliphatic hydroxyl groups excluding tert-OH is 1. The Kier molecular flexibility index (Phi) is 5.37. The van der Waals surface area contributed by atoms with E-state index in [1.807, 2.05) is 0 Å². The third-order valence-electron chi connectivity index (χ3n) is 3.48. The number of aliphatic hydroxyl groups is 1. The number of alkyl halides is 2. The molecule has 0 spiro atoms. The van der Waals surface area contributed by atoms with Gasteiger partial charge in [-0.25, -0.2) is 4.98 Å². The summed E-state index contributed by atoms with van der Waals surface area (Å²) in [6, 6.07) is 6.47. The molecular formula is C15H17ClF2N2O2. The zero-order valence-electron chi connectivity index (χ0n) is 12.0. The maximum atomic E-state index is 13.2. The maximum absolute atomic E-state index is 13.2. The van der Waals surface area contributed by atoms with E-state index in [0.29, 0.717) is 10.8 Å². The van der Waals surface area contributed by atoms with Gasteiger partial charge in [0.2, 0.25) is 6.23 Å². The van der Waals surface area contributed by atoms with Crippen molar-refractivity contribution in [2.75, 3.05) is 13.3 Å². The highest BCUT2D eigenvalue weighted by Crippen LogP contribution is 2.32. The van der Waals surface area contributed by atoms with Gasteiger partial charge in [0, 0.05) is 17.4 Å². The van der Waals surface area contributed by atoms with Crippen LogP contribution < -0.4 is 4.74 Å². The summed E-state index contributed by atoms with van der Waals surface area (Å²) >= 11 is 5.81. The number of benzene rings is 1. The average Bonchev–Trinajstić information content (AvgIpc) is 3.07. The monoisotopic (exact) mass is 330 g/mol. The molecule has 0 aliphatic rings. The number of rotatable bonds is 7. The van der Waals surface area contributed by atoms with Gasteiger partial charge in [-0.05, 0) is 24.3 Å². The van der Waals surface area contributed by atoms with Crippen LogP contribution in [0.15, 0.2) is 43.0 Å². The number of aromatic nitrogens is 2. The van der Waals surface area contributed by atoms with Gasteiger partial charge in [-0.3, -0.25) is 13.3 Å². The molecule has 1 N–H and O–H groups in total. The highest BCUT2D eigenvalue weighted by atomic mass is 35.5. The summed E-state index contributed by atoms with van der Waals surface area (Å²) in [7, 11) is 0. The summed E-state index contributed by atoms with van der Waals surface area (Å²) in [6.07, 6.45) is 2.04. The first-order valence-corrected chi connectivity index (χ1v) is 7.07. The van der Waals surface area contributed by atoms with Crippen molar-refractivity contribution >= 4 is 11.6 Å². The van der Waals surface area contributed by atoms with E-state index in [0.717, 1.165) is 0 Å². The standard InChI is InChI=1S/C15H17ClF2N2O2/c1-15(8-17,9-18)13(21)14(20-7-6-19-10-20)22-12-4-2-11(16)3-5-12/h2-7,10,13-14,21H,8-9H2,1H3. The van der Waals surface area contributed by atoms with Crippen LogP contribution in [0.2, 0.25) is 5.02 Å². The highest BCUT2D eigenvalue weighted by Gasteiger charge is 2.41. The van der Waals surface area contributed by atoms with Crippen LogP contribution in [0, 0.1) is 5.41 Å². The summed E-state index contributed by atoms with van der Waals surface area (Å²) in [5.74, 6) is 0.419. The Morgan fingerprint density at radius 1 is 1.32 bits per heavy atom. The molecule has 22 heavy (non-hydrogen) atoms. The van der Waals surface area contributed by atoms with Gasteiger partial charge >= 0.3 is 0 Å². The first-order chi connectivity index (χ1) is 10.5. The Bertz CT molecular complexity index is 574. The number of ether oxygens (including phenoxy) is 1. The zero-order chi connectivity index (χ0) is 16.2. The van der Waals surface area contributed by atoms with Crippen LogP contribution in [0.4, 0.5) is 8.78 Å². The smallest absolute Gasteiger partial charge is 0.203 e. The summed E-state index contributed by atoms with van der Waals surface area (Å²) in [5, 5.41) is 11.0. The fourth-order valence-corrected chi connectivity index (χ4v) is 2.02. The van der Waals surface area contributed by atoms with E-state index < -0.39 is 31.1 Å². The van der Waals surface area contributed by atoms with Crippen molar-refractivity contribution in [3.63, 3.8) is 0 Å². The molecule has 120 valence electrons. The molecule has 0 radical (unpaired) electrons. The molecule has 2 atom stereocenters. The van der Waals surface area contributed by atoms with E-state index in [1.54, 1.807) is 30.5 Å². The second-order valence-corrected chi connectivity index (χ2v) is 5.77. The topological polar surface area (TPSA) is 47.3 Å². The Labute approximate surface area is 132 Å². The lowest BCUT2D eigenvalue weighted by Crippen LogP contribution is -2.44. The van der Waals surface area contributed by atoms with Crippen molar-refractivity contribution in [2.24, 2.45) is 5.41 Å². The molecule has 0 amide bonds. The van der Waals surface area contributed by atoms with E-state index in [2.05, 4.69) is 4.98 Å². The molecule has 4 nitrogen and oxygen atoms in total.